The molecule has 0 bridgehead atoms. The number of hydrogen-bond acceptors (Lipinski definition) is 10. The topological polar surface area (TPSA) is 136 Å². The number of nitrogens with one attached hydrogen (secondary N) is 2. The highest BCUT2D eigenvalue weighted by molar-refractivity contribution is 7.99. The molecule has 2 N–H and O–H groups in total. The fraction of sp³-hybridized carbons (Fsp3) is 0.273. The van der Waals surface area contributed by atoms with Crippen LogP contribution in [-0.4, -0.2) is 95.8 Å². The lowest BCUT2D eigenvalue weighted by Crippen LogP contribution is -2.46. The average molecular weight is 873 g/mol. The zero-order valence-electron chi connectivity index (χ0n) is 32.6. The number of carbonyl (C=O) groups is 2. The van der Waals surface area contributed by atoms with Crippen molar-refractivity contribution in [3.63, 3.8) is 0 Å². The van der Waals surface area contributed by atoms with Gasteiger partial charge in [-0.25, -0.2) is 21.6 Å². The maximum Gasteiger partial charge on any atom is 0.264 e. The van der Waals surface area contributed by atoms with Crippen molar-refractivity contribution in [2.75, 3.05) is 61.5 Å². The van der Waals surface area contributed by atoms with Crippen LogP contribution in [0.2, 0.25) is 5.02 Å². The van der Waals surface area contributed by atoms with Crippen LogP contribution in [0.15, 0.2) is 136 Å². The van der Waals surface area contributed by atoms with E-state index in [0.29, 0.717) is 23.9 Å². The van der Waals surface area contributed by atoms with Crippen molar-refractivity contribution < 1.29 is 26.4 Å². The van der Waals surface area contributed by atoms with Gasteiger partial charge in [-0.15, -0.1) is 11.8 Å². The minimum atomic E-state index is -4.47. The predicted molar refractivity (Wildman–Crippen MR) is 235 cm³/mol. The standard InChI is InChI=1S/C44H46ClN5O6S3/c1-58(53,54)42-29-39(20-21-41(42)46-36(28-43(51)50-22-7-23-50)31-57-38-9-3-2-4-10-38)59(55,56)47-44(52)33-14-18-37(19-15-33)49-26-24-48(25-27-49)30-34-8-5-6-11-40(34)32-12-16-35(45)17-13-32/h2-6,8-21,29,36,46H,7,22-28,30-31H2,1H3,(H,47,52)/t36-/m1/s1. The zero-order chi connectivity index (χ0) is 41.6. The SMILES string of the molecule is CS(=O)(=O)c1cc(S(=O)(=O)NC(=O)c2ccc(N3CCN(Cc4ccccc4-c4ccc(Cl)cc4)CC3)cc2)ccc1N[C@@H](CSc1ccccc1)CC(=O)N1CCC1. The van der Waals surface area contributed by atoms with Crippen LogP contribution < -0.4 is 14.9 Å². The van der Waals surface area contributed by atoms with Crippen molar-refractivity contribution in [3.8, 4) is 11.1 Å². The number of rotatable bonds is 15. The first-order valence-electron chi connectivity index (χ1n) is 19.4. The molecule has 2 fully saturated rings. The smallest absolute Gasteiger partial charge is 0.264 e. The molecule has 5 aromatic carbocycles. The second kappa shape index (κ2) is 18.6. The number of carbonyl (C=O) groups excluding carboxylic acids is 2. The number of likely N-dealkylation sites (tertiary alicyclic amines) is 1. The third kappa shape index (κ3) is 10.9. The molecule has 0 radical (unpaired) electrons. The summed E-state index contributed by atoms with van der Waals surface area (Å²) < 4.78 is 55.2. The molecule has 11 nitrogen and oxygen atoms in total. The van der Waals surface area contributed by atoms with E-state index >= 15 is 0 Å². The Morgan fingerprint density at radius 3 is 2.12 bits per heavy atom. The summed E-state index contributed by atoms with van der Waals surface area (Å²) in [7, 11) is -8.42. The lowest BCUT2D eigenvalue weighted by Gasteiger charge is -2.36. The van der Waals surface area contributed by atoms with Gasteiger partial charge in [-0.1, -0.05) is 66.2 Å². The molecule has 308 valence electrons. The monoisotopic (exact) mass is 871 g/mol. The molecule has 0 unspecified atom stereocenters. The number of thioether (sulfide) groups is 1. The van der Waals surface area contributed by atoms with Crippen LogP contribution in [-0.2, 0) is 31.2 Å². The van der Waals surface area contributed by atoms with Gasteiger partial charge in [0.2, 0.25) is 5.91 Å². The first kappa shape index (κ1) is 42.3. The molecular formula is C44H46ClN5O6S3. The number of benzene rings is 5. The van der Waals surface area contributed by atoms with Gasteiger partial charge in [0.25, 0.3) is 15.9 Å². The van der Waals surface area contributed by atoms with E-state index in [4.69, 9.17) is 11.6 Å². The van der Waals surface area contributed by atoms with Crippen molar-refractivity contribution in [1.29, 1.82) is 0 Å². The molecule has 15 heteroatoms. The Hall–Kier alpha value is -4.86. The van der Waals surface area contributed by atoms with E-state index < -0.39 is 31.8 Å². The van der Waals surface area contributed by atoms with E-state index in [0.717, 1.165) is 67.6 Å². The van der Waals surface area contributed by atoms with Crippen LogP contribution in [0, 0.1) is 0 Å². The Balaban J connectivity index is 0.981. The molecule has 2 aliphatic rings. The van der Waals surface area contributed by atoms with Gasteiger partial charge in [0, 0.05) is 91.5 Å². The Labute approximate surface area is 355 Å². The summed E-state index contributed by atoms with van der Waals surface area (Å²) in [6, 6.07) is 35.9. The fourth-order valence-corrected chi connectivity index (χ4v) is 10.1. The second-order valence-corrected chi connectivity index (χ2v) is 19.9. The van der Waals surface area contributed by atoms with Gasteiger partial charge in [-0.05, 0) is 89.8 Å². The van der Waals surface area contributed by atoms with Gasteiger partial charge in [0.05, 0.1) is 15.5 Å². The third-order valence-electron chi connectivity index (χ3n) is 10.5. The fourth-order valence-electron chi connectivity index (χ4n) is 7.12. The van der Waals surface area contributed by atoms with E-state index in [-0.39, 0.29) is 33.4 Å². The van der Waals surface area contributed by atoms with Crippen LogP contribution in [0.1, 0.15) is 28.8 Å². The normalized spacial score (nSPS) is 15.3. The molecular weight excluding hydrogens is 826 g/mol. The number of sulfonamides is 1. The lowest BCUT2D eigenvalue weighted by atomic mass is 9.99. The van der Waals surface area contributed by atoms with E-state index in [1.165, 1.54) is 35.0 Å². The Morgan fingerprint density at radius 2 is 1.46 bits per heavy atom. The molecule has 2 aliphatic heterocycles. The summed E-state index contributed by atoms with van der Waals surface area (Å²) in [5, 5.41) is 3.92. The summed E-state index contributed by atoms with van der Waals surface area (Å²) >= 11 is 7.65. The number of halogens is 1. The highest BCUT2D eigenvalue weighted by Gasteiger charge is 2.27. The number of amides is 2. The minimum Gasteiger partial charge on any atom is -0.380 e. The van der Waals surface area contributed by atoms with Crippen molar-refractivity contribution in [2.45, 2.75) is 40.1 Å². The van der Waals surface area contributed by atoms with E-state index in [9.17, 15) is 26.4 Å². The first-order chi connectivity index (χ1) is 28.3. The first-order valence-corrected chi connectivity index (χ1v) is 24.1. The highest BCUT2D eigenvalue weighted by Crippen LogP contribution is 2.30. The maximum atomic E-state index is 13.5. The average Bonchev–Trinajstić information content (AvgIpc) is 3.20. The number of nitrogens with zero attached hydrogens (tertiary/aromatic N) is 3. The second-order valence-electron chi connectivity index (χ2n) is 14.7. The minimum absolute atomic E-state index is 0.0376. The van der Waals surface area contributed by atoms with Crippen LogP contribution in [0.5, 0.6) is 0 Å². The molecule has 0 saturated carbocycles. The lowest BCUT2D eigenvalue weighted by molar-refractivity contribution is -0.134. The van der Waals surface area contributed by atoms with Gasteiger partial charge in [0.15, 0.2) is 9.84 Å². The number of piperazine rings is 1. The highest BCUT2D eigenvalue weighted by atomic mass is 35.5. The molecule has 7 rings (SSSR count). The number of hydrogen-bond donors (Lipinski definition) is 2. The predicted octanol–water partition coefficient (Wildman–Crippen LogP) is 7.05. The van der Waals surface area contributed by atoms with Crippen LogP contribution in [0.3, 0.4) is 0 Å². The van der Waals surface area contributed by atoms with Crippen molar-refractivity contribution in [1.82, 2.24) is 14.5 Å². The zero-order valence-corrected chi connectivity index (χ0v) is 35.8. The third-order valence-corrected chi connectivity index (χ3v) is 14.4. The summed E-state index contributed by atoms with van der Waals surface area (Å²) in [6.07, 6.45) is 2.07. The molecule has 2 saturated heterocycles. The van der Waals surface area contributed by atoms with Gasteiger partial charge in [0.1, 0.15) is 0 Å². The van der Waals surface area contributed by atoms with Crippen molar-refractivity contribution in [3.05, 3.63) is 137 Å². The molecule has 59 heavy (non-hydrogen) atoms. The number of anilines is 2. The largest absolute Gasteiger partial charge is 0.380 e. The van der Waals surface area contributed by atoms with E-state index in [1.54, 1.807) is 29.2 Å². The Kier molecular flexibility index (Phi) is 13.3. The quantitative estimate of drug-likeness (QED) is 0.106. The van der Waals surface area contributed by atoms with E-state index in [2.05, 4.69) is 38.0 Å². The van der Waals surface area contributed by atoms with Crippen molar-refractivity contribution in [2.24, 2.45) is 0 Å². The van der Waals surface area contributed by atoms with Gasteiger partial charge >= 0.3 is 0 Å². The molecule has 0 aliphatic carbocycles. The number of sulfone groups is 1. The molecule has 2 amide bonds. The molecule has 5 aromatic rings. The van der Waals surface area contributed by atoms with Crippen LogP contribution in [0.4, 0.5) is 11.4 Å². The molecule has 0 aromatic heterocycles. The maximum absolute atomic E-state index is 13.5. The van der Waals surface area contributed by atoms with Gasteiger partial charge in [-0.2, -0.15) is 0 Å². The summed E-state index contributed by atoms with van der Waals surface area (Å²) in [6.45, 7) is 5.41. The van der Waals surface area contributed by atoms with Crippen molar-refractivity contribution >= 4 is 66.4 Å². The Morgan fingerprint density at radius 1 is 0.780 bits per heavy atom. The molecule has 1 atom stereocenters. The summed E-state index contributed by atoms with van der Waals surface area (Å²) in [4.78, 5) is 33.0. The van der Waals surface area contributed by atoms with Gasteiger partial charge in [-0.3, -0.25) is 14.5 Å². The Bertz CT molecular complexity index is 2490. The summed E-state index contributed by atoms with van der Waals surface area (Å²) in [5.74, 6) is -0.422. The summed E-state index contributed by atoms with van der Waals surface area (Å²) in [5.41, 5.74) is 4.77. The molecule has 2 heterocycles. The van der Waals surface area contributed by atoms with E-state index in [1.807, 2.05) is 60.7 Å². The van der Waals surface area contributed by atoms with Crippen LogP contribution >= 0.6 is 23.4 Å². The van der Waals surface area contributed by atoms with Gasteiger partial charge < -0.3 is 15.1 Å². The molecule has 0 spiro atoms. The van der Waals surface area contributed by atoms with Crippen LogP contribution in [0.25, 0.3) is 11.1 Å².